The fourth-order valence-corrected chi connectivity index (χ4v) is 1.14. The van der Waals surface area contributed by atoms with E-state index in [2.05, 4.69) is 0 Å². The summed E-state index contributed by atoms with van der Waals surface area (Å²) in [6.45, 7) is -1.21. The number of carbonyl (C=O) groups is 2. The summed E-state index contributed by atoms with van der Waals surface area (Å²) in [6.07, 6.45) is 0.956. The molecule has 1 rings (SSSR count). The zero-order valence-corrected chi connectivity index (χ0v) is 6.04. The van der Waals surface area contributed by atoms with Crippen molar-refractivity contribution in [2.75, 3.05) is 13.2 Å². The Morgan fingerprint density at radius 2 is 1.45 bits per heavy atom. The molecule has 62 valence electrons. The number of carbonyl (C=O) groups excluding carboxylic acids is 2. The van der Waals surface area contributed by atoms with E-state index in [-0.39, 0.29) is 0 Å². The molecule has 0 aromatic heterocycles. The van der Waals surface area contributed by atoms with E-state index in [9.17, 15) is 9.59 Å². The summed E-state index contributed by atoms with van der Waals surface area (Å²) in [6, 6.07) is 0. The molecule has 1 saturated carbocycles. The molecule has 0 atom stereocenters. The lowest BCUT2D eigenvalue weighted by atomic mass is 9.96. The van der Waals surface area contributed by atoms with Gasteiger partial charge in [-0.05, 0) is 12.8 Å². The first kappa shape index (κ1) is 8.36. The highest BCUT2D eigenvalue weighted by atomic mass is 16.3. The van der Waals surface area contributed by atoms with Crippen molar-refractivity contribution in [1.29, 1.82) is 0 Å². The Kier molecular flexibility index (Phi) is 2.06. The monoisotopic (exact) mass is 158 g/mol. The third kappa shape index (κ3) is 1.19. The van der Waals surface area contributed by atoms with Crippen molar-refractivity contribution in [3.8, 4) is 0 Å². The Labute approximate surface area is 63.8 Å². The summed E-state index contributed by atoms with van der Waals surface area (Å²) >= 11 is 0. The largest absolute Gasteiger partial charge is 0.389 e. The van der Waals surface area contributed by atoms with Crippen LogP contribution in [0.5, 0.6) is 0 Å². The highest BCUT2D eigenvalue weighted by molar-refractivity contribution is 6.10. The van der Waals surface area contributed by atoms with Crippen LogP contribution >= 0.6 is 0 Å². The molecule has 1 aliphatic rings. The summed E-state index contributed by atoms with van der Waals surface area (Å²) in [7, 11) is 0. The second-order valence-electron chi connectivity index (χ2n) is 2.74. The Bertz CT molecular complexity index is 175. The van der Waals surface area contributed by atoms with Crippen molar-refractivity contribution in [2.45, 2.75) is 12.8 Å². The second-order valence-corrected chi connectivity index (χ2v) is 2.74. The third-order valence-electron chi connectivity index (χ3n) is 2.10. The van der Waals surface area contributed by atoms with Crippen LogP contribution in [-0.4, -0.2) is 35.0 Å². The summed E-state index contributed by atoms with van der Waals surface area (Å²) < 4.78 is 0. The summed E-state index contributed by atoms with van der Waals surface area (Å²) in [5.74, 6) is -0.923. The lowest BCUT2D eigenvalue weighted by Crippen LogP contribution is -2.30. The van der Waals surface area contributed by atoms with Crippen LogP contribution in [0.15, 0.2) is 0 Å². The average molecular weight is 158 g/mol. The number of Topliss-reactive ketones (excluding diaryl/α,β-unsaturated/α-hetero) is 2. The van der Waals surface area contributed by atoms with Gasteiger partial charge in [0.15, 0.2) is 11.6 Å². The second kappa shape index (κ2) is 2.71. The van der Waals surface area contributed by atoms with Crippen LogP contribution in [0.25, 0.3) is 0 Å². The Hall–Kier alpha value is -0.740. The maximum Gasteiger partial charge on any atom is 0.171 e. The fraction of sp³-hybridized carbons (Fsp3) is 0.714. The minimum absolute atomic E-state index is 0.462. The van der Waals surface area contributed by atoms with Gasteiger partial charge in [0.2, 0.25) is 0 Å². The zero-order valence-electron chi connectivity index (χ0n) is 6.04. The number of rotatable bonds is 4. The quantitative estimate of drug-likeness (QED) is 0.509. The molecule has 0 amide bonds. The highest BCUT2D eigenvalue weighted by Crippen LogP contribution is 2.47. The molecule has 0 unspecified atom stereocenters. The van der Waals surface area contributed by atoms with Crippen molar-refractivity contribution in [2.24, 2.45) is 5.41 Å². The van der Waals surface area contributed by atoms with E-state index in [0.717, 1.165) is 0 Å². The molecule has 1 aliphatic carbocycles. The molecule has 0 saturated heterocycles. The smallest absolute Gasteiger partial charge is 0.171 e. The van der Waals surface area contributed by atoms with Crippen molar-refractivity contribution < 1.29 is 19.8 Å². The first-order chi connectivity index (χ1) is 5.17. The van der Waals surface area contributed by atoms with E-state index < -0.39 is 30.2 Å². The number of hydrogen-bond acceptors (Lipinski definition) is 4. The van der Waals surface area contributed by atoms with E-state index in [0.29, 0.717) is 12.8 Å². The average Bonchev–Trinajstić information content (AvgIpc) is 2.82. The highest BCUT2D eigenvalue weighted by Gasteiger charge is 2.54. The third-order valence-corrected chi connectivity index (χ3v) is 2.10. The molecule has 0 spiro atoms. The molecule has 11 heavy (non-hydrogen) atoms. The molecule has 0 aliphatic heterocycles. The number of hydrogen-bond donors (Lipinski definition) is 2. The van der Waals surface area contributed by atoms with Gasteiger partial charge < -0.3 is 10.2 Å². The molecule has 1 fully saturated rings. The van der Waals surface area contributed by atoms with Gasteiger partial charge >= 0.3 is 0 Å². The summed E-state index contributed by atoms with van der Waals surface area (Å²) in [5.41, 5.74) is -1.01. The van der Waals surface area contributed by atoms with Gasteiger partial charge in [0.05, 0.1) is 5.41 Å². The number of aliphatic hydroxyl groups is 2. The van der Waals surface area contributed by atoms with E-state index >= 15 is 0 Å². The predicted octanol–water partition coefficient (Wildman–Crippen LogP) is -1.11. The fourth-order valence-electron chi connectivity index (χ4n) is 1.14. The van der Waals surface area contributed by atoms with Crippen LogP contribution in [0, 0.1) is 5.41 Å². The SMILES string of the molecule is O=C(CO)C1(C(=O)CO)CC1. The lowest BCUT2D eigenvalue weighted by molar-refractivity contribution is -0.137. The van der Waals surface area contributed by atoms with E-state index in [1.807, 2.05) is 0 Å². The van der Waals surface area contributed by atoms with Crippen molar-refractivity contribution in [1.82, 2.24) is 0 Å². The molecule has 0 aromatic rings. The van der Waals surface area contributed by atoms with Crippen LogP contribution in [0.3, 0.4) is 0 Å². The molecule has 0 aromatic carbocycles. The van der Waals surface area contributed by atoms with Gasteiger partial charge in [-0.2, -0.15) is 0 Å². The van der Waals surface area contributed by atoms with Gasteiger partial charge in [-0.15, -0.1) is 0 Å². The van der Waals surface area contributed by atoms with Crippen LogP contribution in [0.2, 0.25) is 0 Å². The normalized spacial score (nSPS) is 19.5. The first-order valence-corrected chi connectivity index (χ1v) is 3.45. The topological polar surface area (TPSA) is 74.6 Å². The van der Waals surface area contributed by atoms with E-state index in [4.69, 9.17) is 10.2 Å². The van der Waals surface area contributed by atoms with Crippen molar-refractivity contribution >= 4 is 11.6 Å². The van der Waals surface area contributed by atoms with Gasteiger partial charge in [-0.3, -0.25) is 9.59 Å². The molecule has 4 heteroatoms. The van der Waals surface area contributed by atoms with Crippen LogP contribution in [0.1, 0.15) is 12.8 Å². The van der Waals surface area contributed by atoms with Gasteiger partial charge in [-0.25, -0.2) is 0 Å². The zero-order chi connectivity index (χ0) is 8.48. The molecule has 2 N–H and O–H groups in total. The molecular formula is C7H10O4. The van der Waals surface area contributed by atoms with Gasteiger partial charge in [0.1, 0.15) is 13.2 Å². The standard InChI is InChI=1S/C7H10O4/c8-3-5(10)7(1-2-7)6(11)4-9/h8-9H,1-4H2. The minimum Gasteiger partial charge on any atom is -0.389 e. The van der Waals surface area contributed by atoms with Gasteiger partial charge in [-0.1, -0.05) is 0 Å². The van der Waals surface area contributed by atoms with Crippen LogP contribution < -0.4 is 0 Å². The maximum absolute atomic E-state index is 10.9. The maximum atomic E-state index is 10.9. The predicted molar refractivity (Wildman–Crippen MR) is 35.9 cm³/mol. The van der Waals surface area contributed by atoms with Crippen LogP contribution in [-0.2, 0) is 9.59 Å². The molecule has 0 heterocycles. The molecular weight excluding hydrogens is 148 g/mol. The first-order valence-electron chi connectivity index (χ1n) is 3.45. The van der Waals surface area contributed by atoms with Gasteiger partial charge in [0.25, 0.3) is 0 Å². The number of ketones is 2. The molecule has 4 nitrogen and oxygen atoms in total. The summed E-state index contributed by atoms with van der Waals surface area (Å²) in [4.78, 5) is 21.8. The summed E-state index contributed by atoms with van der Waals surface area (Å²) in [5, 5.41) is 16.9. The Morgan fingerprint density at radius 3 is 1.64 bits per heavy atom. The molecule has 0 bridgehead atoms. The van der Waals surface area contributed by atoms with E-state index in [1.165, 1.54) is 0 Å². The van der Waals surface area contributed by atoms with Gasteiger partial charge in [0, 0.05) is 0 Å². The van der Waals surface area contributed by atoms with E-state index in [1.54, 1.807) is 0 Å². The van der Waals surface area contributed by atoms with Crippen molar-refractivity contribution in [3.05, 3.63) is 0 Å². The van der Waals surface area contributed by atoms with Crippen molar-refractivity contribution in [3.63, 3.8) is 0 Å². The Balaban J connectivity index is 2.67. The molecule has 0 radical (unpaired) electrons. The lowest BCUT2D eigenvalue weighted by Gasteiger charge is -2.07. The Morgan fingerprint density at radius 1 is 1.09 bits per heavy atom. The minimum atomic E-state index is -1.01. The number of aliphatic hydroxyl groups excluding tert-OH is 2. The van der Waals surface area contributed by atoms with Crippen LogP contribution in [0.4, 0.5) is 0 Å².